The van der Waals surface area contributed by atoms with Gasteiger partial charge >= 0.3 is 0 Å². The van der Waals surface area contributed by atoms with Crippen molar-refractivity contribution in [1.82, 2.24) is 4.98 Å². The van der Waals surface area contributed by atoms with Crippen LogP contribution >= 0.6 is 0 Å². The van der Waals surface area contributed by atoms with Crippen molar-refractivity contribution in [3.8, 4) is 0 Å². The van der Waals surface area contributed by atoms with E-state index in [0.29, 0.717) is 6.54 Å². The molecule has 1 aromatic heterocycles. The first-order valence-electron chi connectivity index (χ1n) is 6.43. The van der Waals surface area contributed by atoms with E-state index >= 15 is 0 Å². The molecule has 0 bridgehead atoms. The van der Waals surface area contributed by atoms with Gasteiger partial charge in [-0.3, -0.25) is 0 Å². The molecule has 0 aliphatic rings. The maximum Gasteiger partial charge on any atom is 0.171 e. The largest absolute Gasteiger partial charge is 0.368 e. The third kappa shape index (κ3) is 2.87. The summed E-state index contributed by atoms with van der Waals surface area (Å²) in [7, 11) is 1.70. The second-order valence-corrected chi connectivity index (χ2v) is 4.55. The molecule has 0 atom stereocenters. The average Bonchev–Trinajstić information content (AvgIpc) is 2.41. The Morgan fingerprint density at radius 3 is 2.60 bits per heavy atom. The highest BCUT2D eigenvalue weighted by atomic mass is 19.1. The Morgan fingerprint density at radius 1 is 1.20 bits per heavy atom. The quantitative estimate of drug-likeness (QED) is 0.919. The normalized spacial score (nSPS) is 10.4. The summed E-state index contributed by atoms with van der Waals surface area (Å²) in [5, 5.41) is 2.78. The molecule has 1 aromatic carbocycles. The third-order valence-corrected chi connectivity index (χ3v) is 2.96. The van der Waals surface area contributed by atoms with Crippen LogP contribution in [0, 0.1) is 18.6 Å². The van der Waals surface area contributed by atoms with Crippen LogP contribution < -0.4 is 10.2 Å². The summed E-state index contributed by atoms with van der Waals surface area (Å²) in [4.78, 5) is 5.63. The lowest BCUT2D eigenvalue weighted by Gasteiger charge is -2.20. The first-order chi connectivity index (χ1) is 9.52. The van der Waals surface area contributed by atoms with Gasteiger partial charge in [-0.25, -0.2) is 13.8 Å². The summed E-state index contributed by atoms with van der Waals surface area (Å²) < 4.78 is 27.5. The van der Waals surface area contributed by atoms with Crippen molar-refractivity contribution in [2.24, 2.45) is 0 Å². The molecule has 0 fully saturated rings. The van der Waals surface area contributed by atoms with Crippen LogP contribution in [-0.2, 0) is 0 Å². The van der Waals surface area contributed by atoms with Gasteiger partial charge in [0.15, 0.2) is 23.3 Å². The van der Waals surface area contributed by atoms with E-state index in [-0.39, 0.29) is 11.6 Å². The summed E-state index contributed by atoms with van der Waals surface area (Å²) in [6, 6.07) is 8.46. The van der Waals surface area contributed by atoms with Crippen molar-refractivity contribution in [3.63, 3.8) is 0 Å². The van der Waals surface area contributed by atoms with Gasteiger partial charge < -0.3 is 10.2 Å². The summed E-state index contributed by atoms with van der Waals surface area (Å²) in [6.07, 6.45) is 0. The summed E-state index contributed by atoms with van der Waals surface area (Å²) in [5.74, 6) is -1.23. The Balaban J connectivity index is 2.43. The molecule has 106 valence electrons. The minimum Gasteiger partial charge on any atom is -0.368 e. The Bertz CT molecular complexity index is 614. The first-order valence-corrected chi connectivity index (χ1v) is 6.43. The van der Waals surface area contributed by atoms with Gasteiger partial charge in [0.2, 0.25) is 0 Å². The number of pyridine rings is 1. The highest BCUT2D eigenvalue weighted by Gasteiger charge is 2.16. The number of nitrogens with zero attached hydrogens (tertiary/aromatic N) is 2. The lowest BCUT2D eigenvalue weighted by Crippen LogP contribution is -2.15. The van der Waals surface area contributed by atoms with Crippen LogP contribution in [0.3, 0.4) is 0 Å². The van der Waals surface area contributed by atoms with Gasteiger partial charge in [0.25, 0.3) is 0 Å². The van der Waals surface area contributed by atoms with Crippen LogP contribution in [0.2, 0.25) is 0 Å². The SMILES string of the molecule is CCNc1nc(N(C)c2cccc(C)c2)c(F)cc1F. The number of halogens is 2. The molecule has 0 aliphatic carbocycles. The van der Waals surface area contributed by atoms with Crippen molar-refractivity contribution in [1.29, 1.82) is 0 Å². The summed E-state index contributed by atoms with van der Waals surface area (Å²) in [5.41, 5.74) is 1.86. The topological polar surface area (TPSA) is 28.2 Å². The molecule has 2 rings (SSSR count). The molecule has 0 spiro atoms. The molecule has 2 aromatic rings. The van der Waals surface area contributed by atoms with Crippen LogP contribution in [0.1, 0.15) is 12.5 Å². The van der Waals surface area contributed by atoms with Crippen molar-refractivity contribution in [3.05, 3.63) is 47.5 Å². The fourth-order valence-corrected chi connectivity index (χ4v) is 1.94. The number of rotatable bonds is 4. The second-order valence-electron chi connectivity index (χ2n) is 4.55. The van der Waals surface area contributed by atoms with E-state index in [9.17, 15) is 8.78 Å². The lowest BCUT2D eigenvalue weighted by atomic mass is 10.2. The molecular formula is C15H17F2N3. The average molecular weight is 277 g/mol. The molecule has 3 nitrogen and oxygen atoms in total. The van der Waals surface area contributed by atoms with Crippen LogP contribution in [-0.4, -0.2) is 18.6 Å². The predicted octanol–water partition coefficient (Wildman–Crippen LogP) is 3.87. The number of nitrogens with one attached hydrogen (secondary N) is 1. The molecule has 0 saturated carbocycles. The van der Waals surface area contributed by atoms with E-state index < -0.39 is 11.6 Å². The number of aryl methyl sites for hydroxylation is 1. The molecule has 1 N–H and O–H groups in total. The van der Waals surface area contributed by atoms with Crippen LogP contribution in [0.15, 0.2) is 30.3 Å². The van der Waals surface area contributed by atoms with E-state index in [4.69, 9.17) is 0 Å². The minimum absolute atomic E-state index is 0.0587. The molecule has 0 amide bonds. The zero-order chi connectivity index (χ0) is 14.7. The highest BCUT2D eigenvalue weighted by molar-refractivity contribution is 5.62. The maximum absolute atomic E-state index is 13.9. The van der Waals surface area contributed by atoms with Gasteiger partial charge in [-0.05, 0) is 31.5 Å². The zero-order valence-electron chi connectivity index (χ0n) is 11.7. The smallest absolute Gasteiger partial charge is 0.171 e. The number of hydrogen-bond acceptors (Lipinski definition) is 3. The van der Waals surface area contributed by atoms with Crippen molar-refractivity contribution in [2.75, 3.05) is 23.8 Å². The van der Waals surface area contributed by atoms with E-state index in [2.05, 4.69) is 10.3 Å². The van der Waals surface area contributed by atoms with Gasteiger partial charge in [0.05, 0.1) is 0 Å². The standard InChI is InChI=1S/C15H17F2N3/c1-4-18-14-12(16)9-13(17)15(19-14)20(3)11-7-5-6-10(2)8-11/h5-9H,4H2,1-3H3,(H,18,19). The molecule has 0 radical (unpaired) electrons. The summed E-state index contributed by atoms with van der Waals surface area (Å²) >= 11 is 0. The molecular weight excluding hydrogens is 260 g/mol. The van der Waals surface area contributed by atoms with Gasteiger partial charge in [-0.2, -0.15) is 0 Å². The van der Waals surface area contributed by atoms with Gasteiger partial charge in [0.1, 0.15) is 0 Å². The van der Waals surface area contributed by atoms with Crippen LogP contribution in [0.5, 0.6) is 0 Å². The van der Waals surface area contributed by atoms with Crippen molar-refractivity contribution < 1.29 is 8.78 Å². The lowest BCUT2D eigenvalue weighted by molar-refractivity contribution is 0.576. The van der Waals surface area contributed by atoms with E-state index in [1.807, 2.05) is 38.1 Å². The number of aromatic nitrogens is 1. The number of anilines is 3. The molecule has 5 heteroatoms. The van der Waals surface area contributed by atoms with Crippen LogP contribution in [0.4, 0.5) is 26.1 Å². The third-order valence-electron chi connectivity index (χ3n) is 2.96. The Hall–Kier alpha value is -2.17. The van der Waals surface area contributed by atoms with Crippen molar-refractivity contribution in [2.45, 2.75) is 13.8 Å². The molecule has 20 heavy (non-hydrogen) atoms. The fraction of sp³-hybridized carbons (Fsp3) is 0.267. The van der Waals surface area contributed by atoms with Crippen molar-refractivity contribution >= 4 is 17.3 Å². The first kappa shape index (κ1) is 14.2. The number of benzene rings is 1. The maximum atomic E-state index is 13.9. The monoisotopic (exact) mass is 277 g/mol. The van der Waals surface area contributed by atoms with Gasteiger partial charge in [-0.15, -0.1) is 0 Å². The predicted molar refractivity (Wildman–Crippen MR) is 77.6 cm³/mol. The molecule has 0 unspecified atom stereocenters. The minimum atomic E-state index is -0.689. The van der Waals surface area contributed by atoms with Crippen LogP contribution in [0.25, 0.3) is 0 Å². The Morgan fingerprint density at radius 2 is 1.95 bits per heavy atom. The number of hydrogen-bond donors (Lipinski definition) is 1. The summed E-state index contributed by atoms with van der Waals surface area (Å²) in [6.45, 7) is 4.30. The second kappa shape index (κ2) is 5.86. The highest BCUT2D eigenvalue weighted by Crippen LogP contribution is 2.27. The van der Waals surface area contributed by atoms with Gasteiger partial charge in [0, 0.05) is 25.3 Å². The van der Waals surface area contributed by atoms with E-state index in [1.165, 1.54) is 0 Å². The fourth-order valence-electron chi connectivity index (χ4n) is 1.94. The van der Waals surface area contributed by atoms with E-state index in [1.54, 1.807) is 11.9 Å². The molecule has 0 saturated heterocycles. The zero-order valence-corrected chi connectivity index (χ0v) is 11.7. The molecule has 1 heterocycles. The van der Waals surface area contributed by atoms with E-state index in [0.717, 1.165) is 17.3 Å². The molecule has 0 aliphatic heterocycles. The van der Waals surface area contributed by atoms with Gasteiger partial charge in [-0.1, -0.05) is 12.1 Å². The Labute approximate surface area is 117 Å². The Kier molecular flexibility index (Phi) is 4.17.